The number of rotatable bonds is 8. The number of carbonyl (C=O) groups excluding carboxylic acids is 2. The summed E-state index contributed by atoms with van der Waals surface area (Å²) in [6, 6.07) is 8.69. The Labute approximate surface area is 140 Å². The Kier molecular flexibility index (Phi) is 7.38. The first kappa shape index (κ1) is 17.8. The van der Waals surface area contributed by atoms with Crippen LogP contribution in [-0.4, -0.2) is 67.7 Å². The molecular formula is C16H23N3O3S. The summed E-state index contributed by atoms with van der Waals surface area (Å²) in [6.07, 6.45) is 0. The van der Waals surface area contributed by atoms with Gasteiger partial charge in [-0.1, -0.05) is 18.2 Å². The Hall–Kier alpha value is -1.57. The number of benzene rings is 1. The monoisotopic (exact) mass is 337 g/mol. The minimum Gasteiger partial charge on any atom is -0.383 e. The molecule has 1 aliphatic rings. The van der Waals surface area contributed by atoms with Crippen molar-refractivity contribution in [3.05, 3.63) is 35.9 Å². The van der Waals surface area contributed by atoms with E-state index in [2.05, 4.69) is 10.6 Å². The van der Waals surface area contributed by atoms with Gasteiger partial charge in [0, 0.05) is 38.1 Å². The third kappa shape index (κ3) is 5.23. The zero-order valence-corrected chi connectivity index (χ0v) is 14.1. The molecule has 6 nitrogen and oxygen atoms in total. The fourth-order valence-corrected chi connectivity index (χ4v) is 3.45. The van der Waals surface area contributed by atoms with Crippen LogP contribution in [0.2, 0.25) is 0 Å². The summed E-state index contributed by atoms with van der Waals surface area (Å²) in [6.45, 7) is 2.62. The smallest absolute Gasteiger partial charge is 0.255 e. The van der Waals surface area contributed by atoms with E-state index < -0.39 is 6.04 Å². The Morgan fingerprint density at radius 3 is 2.78 bits per heavy atom. The third-order valence-corrected chi connectivity index (χ3v) is 4.56. The van der Waals surface area contributed by atoms with Crippen LogP contribution in [0.4, 0.5) is 0 Å². The van der Waals surface area contributed by atoms with Crippen LogP contribution in [0, 0.1) is 0 Å². The van der Waals surface area contributed by atoms with Gasteiger partial charge in [-0.15, -0.1) is 11.8 Å². The second kappa shape index (κ2) is 9.54. The third-order valence-electron chi connectivity index (χ3n) is 3.55. The van der Waals surface area contributed by atoms with Crippen LogP contribution in [-0.2, 0) is 9.53 Å². The number of methoxy groups -OCH3 is 1. The summed E-state index contributed by atoms with van der Waals surface area (Å²) < 4.78 is 4.94. The first-order valence-corrected chi connectivity index (χ1v) is 8.80. The summed E-state index contributed by atoms with van der Waals surface area (Å²) in [5.74, 6) is 1.01. The predicted molar refractivity (Wildman–Crippen MR) is 91.5 cm³/mol. The molecule has 1 aromatic carbocycles. The van der Waals surface area contributed by atoms with Crippen LogP contribution >= 0.6 is 11.8 Å². The highest BCUT2D eigenvalue weighted by Gasteiger charge is 2.34. The lowest BCUT2D eigenvalue weighted by Crippen LogP contribution is -2.48. The quantitative estimate of drug-likeness (QED) is 0.678. The van der Waals surface area contributed by atoms with Gasteiger partial charge in [-0.05, 0) is 12.1 Å². The Bertz CT molecular complexity index is 513. The van der Waals surface area contributed by atoms with Crippen LogP contribution in [0.15, 0.2) is 30.3 Å². The predicted octanol–water partition coefficient (Wildman–Crippen LogP) is 0.554. The number of hydrogen-bond acceptors (Lipinski definition) is 5. The highest BCUT2D eigenvalue weighted by molar-refractivity contribution is 7.99. The van der Waals surface area contributed by atoms with Crippen molar-refractivity contribution in [1.82, 2.24) is 15.5 Å². The van der Waals surface area contributed by atoms with Crippen LogP contribution in [0.3, 0.4) is 0 Å². The van der Waals surface area contributed by atoms with E-state index in [4.69, 9.17) is 4.74 Å². The minimum absolute atomic E-state index is 0.0889. The second-order valence-electron chi connectivity index (χ2n) is 5.19. The molecule has 1 fully saturated rings. The molecule has 1 heterocycles. The molecule has 1 aliphatic heterocycles. The molecule has 0 aliphatic carbocycles. The fourth-order valence-electron chi connectivity index (χ4n) is 2.30. The SMILES string of the molecule is COCCNCCNC(=O)C1CSCN1C(=O)c1ccccc1. The average molecular weight is 337 g/mol. The van der Waals surface area contributed by atoms with Gasteiger partial charge < -0.3 is 20.3 Å². The summed E-state index contributed by atoms with van der Waals surface area (Å²) >= 11 is 1.60. The van der Waals surface area contributed by atoms with Crippen molar-refractivity contribution >= 4 is 23.6 Å². The lowest BCUT2D eigenvalue weighted by atomic mass is 10.1. The van der Waals surface area contributed by atoms with E-state index in [1.807, 2.05) is 18.2 Å². The van der Waals surface area contributed by atoms with Gasteiger partial charge in [0.2, 0.25) is 5.91 Å². The van der Waals surface area contributed by atoms with Gasteiger partial charge >= 0.3 is 0 Å². The number of hydrogen-bond donors (Lipinski definition) is 2. The molecule has 1 saturated heterocycles. The molecule has 0 aromatic heterocycles. The van der Waals surface area contributed by atoms with E-state index in [1.54, 1.807) is 35.9 Å². The van der Waals surface area contributed by atoms with E-state index in [1.165, 1.54) is 0 Å². The minimum atomic E-state index is -0.397. The molecule has 0 bridgehead atoms. The van der Waals surface area contributed by atoms with Crippen LogP contribution < -0.4 is 10.6 Å². The number of nitrogens with one attached hydrogen (secondary N) is 2. The first-order chi connectivity index (χ1) is 11.2. The lowest BCUT2D eigenvalue weighted by molar-refractivity contribution is -0.124. The standard InChI is InChI=1S/C16H23N3O3S/c1-22-10-9-17-7-8-18-15(20)14-11-23-12-19(14)16(21)13-5-3-2-4-6-13/h2-6,14,17H,7-12H2,1H3,(H,18,20). The highest BCUT2D eigenvalue weighted by Crippen LogP contribution is 2.23. The second-order valence-corrected chi connectivity index (χ2v) is 6.19. The number of ether oxygens (including phenoxy) is 1. The van der Waals surface area contributed by atoms with Crippen molar-refractivity contribution in [2.45, 2.75) is 6.04 Å². The van der Waals surface area contributed by atoms with E-state index >= 15 is 0 Å². The number of carbonyl (C=O) groups is 2. The highest BCUT2D eigenvalue weighted by atomic mass is 32.2. The van der Waals surface area contributed by atoms with Gasteiger partial charge in [-0.2, -0.15) is 0 Å². The summed E-state index contributed by atoms with van der Waals surface area (Å²) in [7, 11) is 1.65. The number of thioether (sulfide) groups is 1. The maximum absolute atomic E-state index is 12.5. The summed E-state index contributed by atoms with van der Waals surface area (Å²) in [4.78, 5) is 26.5. The van der Waals surface area contributed by atoms with Gasteiger partial charge in [0.15, 0.2) is 0 Å². The largest absolute Gasteiger partial charge is 0.383 e. The molecule has 1 aromatic rings. The van der Waals surface area contributed by atoms with E-state index in [-0.39, 0.29) is 11.8 Å². The summed E-state index contributed by atoms with van der Waals surface area (Å²) in [5.41, 5.74) is 0.619. The molecule has 7 heteroatoms. The van der Waals surface area contributed by atoms with Crippen LogP contribution in [0.25, 0.3) is 0 Å². The molecular weight excluding hydrogens is 314 g/mol. The molecule has 1 unspecified atom stereocenters. The van der Waals surface area contributed by atoms with E-state index in [0.717, 1.165) is 6.54 Å². The van der Waals surface area contributed by atoms with Crippen LogP contribution in [0.5, 0.6) is 0 Å². The number of amides is 2. The van der Waals surface area contributed by atoms with Gasteiger partial charge in [0.25, 0.3) is 5.91 Å². The van der Waals surface area contributed by atoms with Crippen molar-refractivity contribution in [3.63, 3.8) is 0 Å². The molecule has 1 atom stereocenters. The average Bonchev–Trinajstić information content (AvgIpc) is 3.07. The topological polar surface area (TPSA) is 70.7 Å². The van der Waals surface area contributed by atoms with Gasteiger partial charge in [-0.25, -0.2) is 0 Å². The number of nitrogens with zero attached hydrogens (tertiary/aromatic N) is 1. The maximum atomic E-state index is 12.5. The van der Waals surface area contributed by atoms with Crippen molar-refractivity contribution in [2.75, 3.05) is 45.0 Å². The molecule has 2 N–H and O–H groups in total. The normalized spacial score (nSPS) is 17.3. The van der Waals surface area contributed by atoms with Crippen molar-refractivity contribution in [3.8, 4) is 0 Å². The Morgan fingerprint density at radius 1 is 1.26 bits per heavy atom. The van der Waals surface area contributed by atoms with E-state index in [9.17, 15) is 9.59 Å². The van der Waals surface area contributed by atoms with Gasteiger partial charge in [-0.3, -0.25) is 9.59 Å². The zero-order chi connectivity index (χ0) is 16.5. The van der Waals surface area contributed by atoms with Gasteiger partial charge in [0.1, 0.15) is 6.04 Å². The fraction of sp³-hybridized carbons (Fsp3) is 0.500. The molecule has 126 valence electrons. The van der Waals surface area contributed by atoms with E-state index in [0.29, 0.717) is 36.9 Å². The van der Waals surface area contributed by atoms with Crippen LogP contribution in [0.1, 0.15) is 10.4 Å². The van der Waals surface area contributed by atoms with Crippen molar-refractivity contribution in [1.29, 1.82) is 0 Å². The molecule has 2 amide bonds. The molecule has 0 spiro atoms. The maximum Gasteiger partial charge on any atom is 0.255 e. The molecule has 0 saturated carbocycles. The Morgan fingerprint density at radius 2 is 2.04 bits per heavy atom. The lowest BCUT2D eigenvalue weighted by Gasteiger charge is -2.23. The zero-order valence-electron chi connectivity index (χ0n) is 13.3. The molecule has 0 radical (unpaired) electrons. The molecule has 23 heavy (non-hydrogen) atoms. The van der Waals surface area contributed by atoms with Crippen molar-refractivity contribution in [2.24, 2.45) is 0 Å². The van der Waals surface area contributed by atoms with Gasteiger partial charge in [0.05, 0.1) is 12.5 Å². The van der Waals surface area contributed by atoms with Crippen molar-refractivity contribution < 1.29 is 14.3 Å². The summed E-state index contributed by atoms with van der Waals surface area (Å²) in [5, 5.41) is 6.05. The molecule has 2 rings (SSSR count). The Balaban J connectivity index is 1.81. The first-order valence-electron chi connectivity index (χ1n) is 7.65.